The van der Waals surface area contributed by atoms with Gasteiger partial charge in [-0.1, -0.05) is 38.8 Å². The first-order chi connectivity index (χ1) is 10.1. The van der Waals surface area contributed by atoms with E-state index in [1.807, 2.05) is 46.8 Å². The molecule has 1 aromatic heterocycles. The van der Waals surface area contributed by atoms with Gasteiger partial charge in [0.2, 0.25) is 5.89 Å². The number of allylic oxidation sites excluding steroid dienone is 4. The molecule has 0 aliphatic rings. The molecule has 0 aliphatic heterocycles. The molecule has 0 aromatic carbocycles. The van der Waals surface area contributed by atoms with Crippen molar-refractivity contribution >= 4 is 21.8 Å². The lowest BCUT2D eigenvalue weighted by Crippen LogP contribution is -2.42. The van der Waals surface area contributed by atoms with E-state index in [0.29, 0.717) is 17.3 Å². The lowest BCUT2D eigenvalue weighted by atomic mass is 10.0. The maximum Gasteiger partial charge on any atom is 0.251 e. The second-order valence-corrected chi connectivity index (χ2v) is 6.99. The van der Waals surface area contributed by atoms with E-state index in [4.69, 9.17) is 4.52 Å². The summed E-state index contributed by atoms with van der Waals surface area (Å²) in [5.74, 6) is 0.744. The third kappa shape index (κ3) is 5.26. The SMILES string of the molecule is CC(C)=C(/C=C\C=C(/C)Br)C(=O)NC(C)(C)c1noc(C)n1. The minimum atomic E-state index is -0.718. The minimum Gasteiger partial charge on any atom is -0.340 e. The summed E-state index contributed by atoms with van der Waals surface area (Å²) in [6.45, 7) is 11.1. The first kappa shape index (κ1) is 18.4. The van der Waals surface area contributed by atoms with Crippen LogP contribution in [0.2, 0.25) is 0 Å². The Bertz CT molecular complexity index is 632. The van der Waals surface area contributed by atoms with Gasteiger partial charge in [0.15, 0.2) is 5.82 Å². The van der Waals surface area contributed by atoms with E-state index in [0.717, 1.165) is 10.1 Å². The first-order valence-corrected chi connectivity index (χ1v) is 7.74. The number of nitrogens with one attached hydrogen (secondary N) is 1. The number of rotatable bonds is 5. The van der Waals surface area contributed by atoms with Crippen molar-refractivity contribution in [1.29, 1.82) is 0 Å². The average Bonchev–Trinajstić information content (AvgIpc) is 2.80. The Labute approximate surface area is 139 Å². The minimum absolute atomic E-state index is 0.177. The van der Waals surface area contributed by atoms with Gasteiger partial charge in [-0.25, -0.2) is 0 Å². The third-order valence-electron chi connectivity index (χ3n) is 2.88. The number of aromatic nitrogens is 2. The topological polar surface area (TPSA) is 68.0 Å². The first-order valence-electron chi connectivity index (χ1n) is 6.94. The highest BCUT2D eigenvalue weighted by Gasteiger charge is 2.29. The molecule has 1 N–H and O–H groups in total. The smallest absolute Gasteiger partial charge is 0.251 e. The molecule has 1 heterocycles. The standard InChI is InChI=1S/C16H22BrN3O2/c1-10(2)13(9-7-8-11(3)17)14(21)19-16(5,6)15-18-12(4)22-20-15/h7-9H,1-6H3,(H,19,21)/b9-7-,11-8+. The van der Waals surface area contributed by atoms with Crippen LogP contribution in [0.25, 0.3) is 0 Å². The maximum absolute atomic E-state index is 12.5. The van der Waals surface area contributed by atoms with Gasteiger partial charge in [0.05, 0.1) is 5.54 Å². The highest BCUT2D eigenvalue weighted by molar-refractivity contribution is 9.11. The molecule has 0 fully saturated rings. The van der Waals surface area contributed by atoms with Crippen molar-refractivity contribution < 1.29 is 9.32 Å². The zero-order valence-corrected chi connectivity index (χ0v) is 15.4. The Morgan fingerprint density at radius 3 is 2.41 bits per heavy atom. The molecule has 0 saturated heterocycles. The zero-order valence-electron chi connectivity index (χ0n) is 13.8. The summed E-state index contributed by atoms with van der Waals surface area (Å²) in [6, 6.07) is 0. The van der Waals surface area contributed by atoms with Gasteiger partial charge in [-0.2, -0.15) is 4.98 Å². The van der Waals surface area contributed by atoms with Gasteiger partial charge in [-0.15, -0.1) is 0 Å². The zero-order chi connectivity index (χ0) is 16.9. The number of nitrogens with zero attached hydrogens (tertiary/aromatic N) is 2. The third-order valence-corrected chi connectivity index (χ3v) is 3.15. The predicted octanol–water partition coefficient (Wildman–Crippen LogP) is 3.92. The van der Waals surface area contributed by atoms with E-state index in [2.05, 4.69) is 31.4 Å². The molecular formula is C16H22BrN3O2. The van der Waals surface area contributed by atoms with Crippen molar-refractivity contribution in [3.8, 4) is 0 Å². The summed E-state index contributed by atoms with van der Waals surface area (Å²) < 4.78 is 5.97. The van der Waals surface area contributed by atoms with Crippen LogP contribution in [0.15, 0.2) is 38.4 Å². The van der Waals surface area contributed by atoms with Crippen LogP contribution in [-0.4, -0.2) is 16.0 Å². The molecule has 0 bridgehead atoms. The molecular weight excluding hydrogens is 346 g/mol. The molecule has 6 heteroatoms. The molecule has 5 nitrogen and oxygen atoms in total. The number of hydrogen-bond acceptors (Lipinski definition) is 4. The van der Waals surface area contributed by atoms with Crippen molar-refractivity contribution in [3.05, 3.63) is 45.6 Å². The fraction of sp³-hybridized carbons (Fsp3) is 0.438. The van der Waals surface area contributed by atoms with Crippen LogP contribution in [-0.2, 0) is 10.3 Å². The summed E-state index contributed by atoms with van der Waals surface area (Å²) in [5, 5.41) is 6.82. The number of carbonyl (C=O) groups excluding carboxylic acids is 1. The summed E-state index contributed by atoms with van der Waals surface area (Å²) in [6.07, 6.45) is 5.49. The largest absolute Gasteiger partial charge is 0.340 e. The van der Waals surface area contributed by atoms with Crippen molar-refractivity contribution in [3.63, 3.8) is 0 Å². The van der Waals surface area contributed by atoms with Crippen molar-refractivity contribution in [2.24, 2.45) is 0 Å². The van der Waals surface area contributed by atoms with E-state index in [-0.39, 0.29) is 5.91 Å². The van der Waals surface area contributed by atoms with Gasteiger partial charge in [0, 0.05) is 12.5 Å². The van der Waals surface area contributed by atoms with Crippen LogP contribution in [0.4, 0.5) is 0 Å². The molecule has 120 valence electrons. The van der Waals surface area contributed by atoms with Crippen molar-refractivity contribution in [2.45, 2.75) is 47.1 Å². The Balaban J connectivity index is 2.95. The van der Waals surface area contributed by atoms with Crippen LogP contribution in [0, 0.1) is 6.92 Å². The quantitative estimate of drug-likeness (QED) is 0.632. The van der Waals surface area contributed by atoms with Gasteiger partial charge in [0.1, 0.15) is 0 Å². The number of amides is 1. The Morgan fingerprint density at radius 1 is 1.32 bits per heavy atom. The van der Waals surface area contributed by atoms with Gasteiger partial charge in [0.25, 0.3) is 5.91 Å². The molecule has 0 unspecified atom stereocenters. The van der Waals surface area contributed by atoms with E-state index in [9.17, 15) is 4.79 Å². The van der Waals surface area contributed by atoms with Gasteiger partial charge in [-0.3, -0.25) is 4.79 Å². The van der Waals surface area contributed by atoms with E-state index in [1.54, 1.807) is 13.0 Å². The lowest BCUT2D eigenvalue weighted by Gasteiger charge is -2.23. The number of carbonyl (C=O) groups is 1. The highest BCUT2D eigenvalue weighted by Crippen LogP contribution is 2.18. The van der Waals surface area contributed by atoms with E-state index < -0.39 is 5.54 Å². The molecule has 22 heavy (non-hydrogen) atoms. The fourth-order valence-corrected chi connectivity index (χ4v) is 1.86. The maximum atomic E-state index is 12.5. The molecule has 1 rings (SSSR count). The van der Waals surface area contributed by atoms with Crippen LogP contribution in [0.3, 0.4) is 0 Å². The van der Waals surface area contributed by atoms with E-state index >= 15 is 0 Å². The van der Waals surface area contributed by atoms with Gasteiger partial charge < -0.3 is 9.84 Å². The highest BCUT2D eigenvalue weighted by atomic mass is 79.9. The Hall–Kier alpha value is -1.69. The Kier molecular flexibility index (Phi) is 6.29. The summed E-state index contributed by atoms with van der Waals surface area (Å²) in [4.78, 5) is 16.7. The molecule has 0 atom stereocenters. The normalized spacial score (nSPS) is 12.6. The number of aryl methyl sites for hydroxylation is 1. The lowest BCUT2D eigenvalue weighted by molar-refractivity contribution is -0.118. The van der Waals surface area contributed by atoms with Crippen LogP contribution < -0.4 is 5.32 Å². The molecule has 0 aliphatic carbocycles. The fourth-order valence-electron chi connectivity index (χ4n) is 1.71. The average molecular weight is 368 g/mol. The molecule has 0 spiro atoms. The molecule has 0 radical (unpaired) electrons. The molecule has 0 saturated carbocycles. The van der Waals surface area contributed by atoms with E-state index in [1.165, 1.54) is 0 Å². The second kappa shape index (κ2) is 7.54. The second-order valence-electron chi connectivity index (χ2n) is 5.74. The molecule has 1 aromatic rings. The van der Waals surface area contributed by atoms with Crippen LogP contribution in [0.5, 0.6) is 0 Å². The summed E-state index contributed by atoms with van der Waals surface area (Å²) >= 11 is 3.35. The predicted molar refractivity (Wildman–Crippen MR) is 90.4 cm³/mol. The van der Waals surface area contributed by atoms with Crippen molar-refractivity contribution in [2.75, 3.05) is 0 Å². The molecule has 1 amide bonds. The summed E-state index contributed by atoms with van der Waals surface area (Å²) in [7, 11) is 0. The monoisotopic (exact) mass is 367 g/mol. The summed E-state index contributed by atoms with van der Waals surface area (Å²) in [5.41, 5.74) is 0.817. The Morgan fingerprint density at radius 2 is 1.95 bits per heavy atom. The van der Waals surface area contributed by atoms with Gasteiger partial charge in [-0.05, 0) is 45.2 Å². The number of hydrogen-bond donors (Lipinski definition) is 1. The van der Waals surface area contributed by atoms with Crippen LogP contribution in [0.1, 0.15) is 46.3 Å². The van der Waals surface area contributed by atoms with Crippen LogP contribution >= 0.6 is 15.9 Å². The van der Waals surface area contributed by atoms with Gasteiger partial charge >= 0.3 is 0 Å². The van der Waals surface area contributed by atoms with Crippen molar-refractivity contribution in [1.82, 2.24) is 15.5 Å². The number of halogens is 1.